The van der Waals surface area contributed by atoms with Gasteiger partial charge in [0.25, 0.3) is 0 Å². The van der Waals surface area contributed by atoms with Gasteiger partial charge in [0.1, 0.15) is 0 Å². The van der Waals surface area contributed by atoms with Crippen LogP contribution in [0.5, 0.6) is 0 Å². The number of pyridine rings is 1. The van der Waals surface area contributed by atoms with Crippen LogP contribution in [0.4, 0.5) is 0 Å². The van der Waals surface area contributed by atoms with Gasteiger partial charge < -0.3 is 10.5 Å². The first kappa shape index (κ1) is 15.4. The molecular weight excluding hydrogens is 250 g/mol. The summed E-state index contributed by atoms with van der Waals surface area (Å²) in [6, 6.07) is 6.31. The van der Waals surface area contributed by atoms with Crippen molar-refractivity contribution in [2.45, 2.75) is 57.9 Å². The lowest BCUT2D eigenvalue weighted by atomic mass is 9.96. The summed E-state index contributed by atoms with van der Waals surface area (Å²) < 4.78 is 6.00. The normalized spacial score (nSPS) is 26.1. The van der Waals surface area contributed by atoms with Crippen molar-refractivity contribution in [1.82, 2.24) is 9.88 Å². The molecule has 0 amide bonds. The topological polar surface area (TPSA) is 51.4 Å². The maximum Gasteiger partial charge on any atom is 0.0757 e. The summed E-state index contributed by atoms with van der Waals surface area (Å²) in [4.78, 5) is 6.97. The highest BCUT2D eigenvalue weighted by molar-refractivity contribution is 5.12. The molecule has 112 valence electrons. The van der Waals surface area contributed by atoms with Crippen LogP contribution in [-0.2, 0) is 4.74 Å². The fourth-order valence-electron chi connectivity index (χ4n) is 3.17. The zero-order valence-electron chi connectivity index (χ0n) is 13.0. The van der Waals surface area contributed by atoms with Crippen LogP contribution >= 0.6 is 0 Å². The molecule has 1 saturated heterocycles. The average Bonchev–Trinajstić information content (AvgIpc) is 2.37. The van der Waals surface area contributed by atoms with E-state index in [9.17, 15) is 0 Å². The number of nitrogens with zero attached hydrogens (tertiary/aromatic N) is 2. The summed E-state index contributed by atoms with van der Waals surface area (Å²) in [5, 5.41) is 0. The highest BCUT2D eigenvalue weighted by atomic mass is 16.5. The quantitative estimate of drug-likeness (QED) is 0.918. The molecule has 0 bridgehead atoms. The first-order valence-electron chi connectivity index (χ1n) is 7.51. The Kier molecular flexibility index (Phi) is 4.78. The van der Waals surface area contributed by atoms with Gasteiger partial charge in [-0.15, -0.1) is 0 Å². The lowest BCUT2D eigenvalue weighted by molar-refractivity contribution is -0.140. The van der Waals surface area contributed by atoms with E-state index in [-0.39, 0.29) is 23.8 Å². The lowest BCUT2D eigenvalue weighted by Gasteiger charge is -2.46. The average molecular weight is 277 g/mol. The Morgan fingerprint density at radius 1 is 1.50 bits per heavy atom. The number of morpholine rings is 1. The van der Waals surface area contributed by atoms with E-state index in [4.69, 9.17) is 10.5 Å². The van der Waals surface area contributed by atoms with E-state index in [0.29, 0.717) is 0 Å². The molecule has 1 aliphatic rings. The van der Waals surface area contributed by atoms with Gasteiger partial charge in [0, 0.05) is 25.3 Å². The van der Waals surface area contributed by atoms with Crippen molar-refractivity contribution < 1.29 is 4.74 Å². The van der Waals surface area contributed by atoms with Gasteiger partial charge in [0.05, 0.1) is 23.4 Å². The molecule has 0 radical (unpaired) electrons. The van der Waals surface area contributed by atoms with Crippen LogP contribution in [0.3, 0.4) is 0 Å². The van der Waals surface area contributed by atoms with E-state index in [1.165, 1.54) is 0 Å². The van der Waals surface area contributed by atoms with Gasteiger partial charge in [0.15, 0.2) is 0 Å². The number of hydrogen-bond donors (Lipinski definition) is 1. The molecule has 0 spiro atoms. The van der Waals surface area contributed by atoms with Gasteiger partial charge in [-0.3, -0.25) is 9.88 Å². The molecule has 0 aromatic carbocycles. The maximum atomic E-state index is 6.39. The monoisotopic (exact) mass is 277 g/mol. The molecule has 4 heteroatoms. The maximum absolute atomic E-state index is 6.39. The molecular formula is C16H27N3O. The van der Waals surface area contributed by atoms with E-state index < -0.39 is 0 Å². The third-order valence-electron chi connectivity index (χ3n) is 3.86. The van der Waals surface area contributed by atoms with Crippen LogP contribution in [0.2, 0.25) is 0 Å². The highest BCUT2D eigenvalue weighted by Crippen LogP contribution is 2.30. The first-order valence-corrected chi connectivity index (χ1v) is 7.51. The number of hydrogen-bond acceptors (Lipinski definition) is 4. The summed E-state index contributed by atoms with van der Waals surface area (Å²) >= 11 is 0. The largest absolute Gasteiger partial charge is 0.370 e. The van der Waals surface area contributed by atoms with E-state index in [0.717, 1.165) is 25.2 Å². The van der Waals surface area contributed by atoms with Crippen molar-refractivity contribution >= 4 is 0 Å². The van der Waals surface area contributed by atoms with Gasteiger partial charge >= 0.3 is 0 Å². The summed E-state index contributed by atoms with van der Waals surface area (Å²) in [7, 11) is 0. The standard InChI is InChI=1S/C16H27N3O/c1-5-13(17)15(14-8-6-7-9-18-14)19-10-12(2)20-16(3,4)11-19/h6-9,12-13,15H,5,10-11,17H2,1-4H3. The second-order valence-electron chi connectivity index (χ2n) is 6.39. The minimum absolute atomic E-state index is 0.0889. The Labute approximate surface area is 122 Å². The molecule has 4 nitrogen and oxygen atoms in total. The Bertz CT molecular complexity index is 421. The van der Waals surface area contributed by atoms with Crippen molar-refractivity contribution in [2.75, 3.05) is 13.1 Å². The molecule has 2 rings (SSSR count). The smallest absolute Gasteiger partial charge is 0.0757 e. The van der Waals surface area contributed by atoms with Crippen molar-refractivity contribution in [2.24, 2.45) is 5.73 Å². The predicted molar refractivity (Wildman–Crippen MR) is 81.4 cm³/mol. The van der Waals surface area contributed by atoms with Crippen molar-refractivity contribution in [3.8, 4) is 0 Å². The van der Waals surface area contributed by atoms with E-state index in [1.807, 2.05) is 18.3 Å². The number of nitrogens with two attached hydrogens (primary N) is 1. The third kappa shape index (κ3) is 3.57. The van der Waals surface area contributed by atoms with Gasteiger partial charge in [-0.05, 0) is 39.3 Å². The molecule has 0 aliphatic carbocycles. The predicted octanol–water partition coefficient (Wildman–Crippen LogP) is 2.36. The molecule has 0 saturated carbocycles. The minimum atomic E-state index is -0.141. The van der Waals surface area contributed by atoms with E-state index >= 15 is 0 Å². The Balaban J connectivity index is 2.27. The molecule has 2 heterocycles. The third-order valence-corrected chi connectivity index (χ3v) is 3.86. The fourth-order valence-corrected chi connectivity index (χ4v) is 3.17. The minimum Gasteiger partial charge on any atom is -0.370 e. The number of ether oxygens (including phenoxy) is 1. The SMILES string of the molecule is CCC(N)C(c1ccccn1)N1CC(C)OC(C)(C)C1. The number of rotatable bonds is 4. The lowest BCUT2D eigenvalue weighted by Crippen LogP contribution is -2.55. The van der Waals surface area contributed by atoms with Crippen LogP contribution in [0.25, 0.3) is 0 Å². The van der Waals surface area contributed by atoms with Crippen molar-refractivity contribution in [1.29, 1.82) is 0 Å². The van der Waals surface area contributed by atoms with Crippen LogP contribution in [-0.4, -0.2) is 40.7 Å². The molecule has 20 heavy (non-hydrogen) atoms. The first-order chi connectivity index (χ1) is 9.43. The Morgan fingerprint density at radius 2 is 2.25 bits per heavy atom. The Hall–Kier alpha value is -0.970. The van der Waals surface area contributed by atoms with Gasteiger partial charge in [0.2, 0.25) is 0 Å². The fraction of sp³-hybridized carbons (Fsp3) is 0.688. The second kappa shape index (κ2) is 6.20. The van der Waals surface area contributed by atoms with Gasteiger partial charge in [-0.1, -0.05) is 13.0 Å². The van der Waals surface area contributed by atoms with Crippen LogP contribution < -0.4 is 5.73 Å². The summed E-state index contributed by atoms with van der Waals surface area (Å²) in [6.45, 7) is 10.3. The number of aromatic nitrogens is 1. The highest BCUT2D eigenvalue weighted by Gasteiger charge is 2.37. The van der Waals surface area contributed by atoms with Crippen LogP contribution in [0, 0.1) is 0 Å². The molecule has 1 aromatic rings. The van der Waals surface area contributed by atoms with E-state index in [2.05, 4.69) is 43.6 Å². The summed E-state index contributed by atoms with van der Waals surface area (Å²) in [5.74, 6) is 0. The van der Waals surface area contributed by atoms with Gasteiger partial charge in [-0.2, -0.15) is 0 Å². The molecule has 1 fully saturated rings. The summed E-state index contributed by atoms with van der Waals surface area (Å²) in [5.41, 5.74) is 7.31. The zero-order valence-corrected chi connectivity index (χ0v) is 13.0. The van der Waals surface area contributed by atoms with E-state index in [1.54, 1.807) is 0 Å². The molecule has 2 N–H and O–H groups in total. The second-order valence-corrected chi connectivity index (χ2v) is 6.39. The molecule has 3 atom stereocenters. The Morgan fingerprint density at radius 3 is 2.80 bits per heavy atom. The van der Waals surface area contributed by atoms with Crippen molar-refractivity contribution in [3.63, 3.8) is 0 Å². The molecule has 1 aromatic heterocycles. The molecule has 1 aliphatic heterocycles. The van der Waals surface area contributed by atoms with Crippen LogP contribution in [0.1, 0.15) is 45.9 Å². The summed E-state index contributed by atoms with van der Waals surface area (Å²) in [6.07, 6.45) is 3.00. The zero-order chi connectivity index (χ0) is 14.8. The van der Waals surface area contributed by atoms with Crippen molar-refractivity contribution in [3.05, 3.63) is 30.1 Å². The van der Waals surface area contributed by atoms with Crippen LogP contribution in [0.15, 0.2) is 24.4 Å². The van der Waals surface area contributed by atoms with Gasteiger partial charge in [-0.25, -0.2) is 0 Å². The molecule has 3 unspecified atom stereocenters.